The van der Waals surface area contributed by atoms with Gasteiger partial charge in [0.25, 0.3) is 0 Å². The van der Waals surface area contributed by atoms with E-state index in [1.54, 1.807) is 0 Å². The second-order valence-corrected chi connectivity index (χ2v) is 5.69. The monoisotopic (exact) mass is 262 g/mol. The van der Waals surface area contributed by atoms with Gasteiger partial charge in [-0.1, -0.05) is 60.7 Å². The Morgan fingerprint density at radius 1 is 0.900 bits per heavy atom. The molecule has 4 atom stereocenters. The van der Waals surface area contributed by atoms with Crippen LogP contribution in [0.3, 0.4) is 0 Å². The van der Waals surface area contributed by atoms with E-state index in [0.29, 0.717) is 6.04 Å². The maximum atomic E-state index is 4.93. The molecule has 0 bridgehead atoms. The summed E-state index contributed by atoms with van der Waals surface area (Å²) in [6, 6.07) is 21.9. The third-order valence-electron chi connectivity index (χ3n) is 4.70. The summed E-state index contributed by atoms with van der Waals surface area (Å²) < 4.78 is 0. The highest BCUT2D eigenvalue weighted by atomic mass is 15.5. The summed E-state index contributed by atoms with van der Waals surface area (Å²) in [5, 5.41) is 0. The van der Waals surface area contributed by atoms with E-state index in [-0.39, 0.29) is 11.7 Å². The Bertz CT molecular complexity index is 662. The molecule has 4 rings (SSSR count). The van der Waals surface area contributed by atoms with Crippen LogP contribution >= 0.6 is 0 Å². The Kier molecular flexibility index (Phi) is 2.39. The van der Waals surface area contributed by atoms with E-state index in [2.05, 4.69) is 79.4 Å². The van der Waals surface area contributed by atoms with E-state index >= 15 is 0 Å². The number of fused-ring (bicyclic) bond motifs is 1. The quantitative estimate of drug-likeness (QED) is 0.757. The van der Waals surface area contributed by atoms with Crippen LogP contribution < -0.4 is 0 Å². The first-order chi connectivity index (χ1) is 9.76. The molecule has 2 aromatic rings. The zero-order chi connectivity index (χ0) is 13.7. The first-order valence-corrected chi connectivity index (χ1v) is 7.24. The van der Waals surface area contributed by atoms with E-state index in [4.69, 9.17) is 4.99 Å². The Labute approximate surface area is 119 Å². The molecular formula is C18H18N2. The molecular weight excluding hydrogens is 244 g/mol. The molecule has 2 aliphatic heterocycles. The molecule has 1 fully saturated rings. The largest absolute Gasteiger partial charge is 0.268 e. The molecule has 2 heteroatoms. The molecule has 1 unspecified atom stereocenters. The van der Waals surface area contributed by atoms with Gasteiger partial charge in [0.05, 0.1) is 5.71 Å². The summed E-state index contributed by atoms with van der Waals surface area (Å²) in [6.07, 6.45) is 0.264. The van der Waals surface area contributed by atoms with Gasteiger partial charge in [-0.3, -0.25) is 9.89 Å². The van der Waals surface area contributed by atoms with Gasteiger partial charge in [-0.05, 0) is 25.0 Å². The highest BCUT2D eigenvalue weighted by Crippen LogP contribution is 2.57. The van der Waals surface area contributed by atoms with Gasteiger partial charge in [-0.2, -0.15) is 0 Å². The summed E-state index contributed by atoms with van der Waals surface area (Å²) in [7, 11) is 0. The Morgan fingerprint density at radius 2 is 1.50 bits per heavy atom. The van der Waals surface area contributed by atoms with Crippen molar-refractivity contribution < 1.29 is 0 Å². The van der Waals surface area contributed by atoms with Crippen molar-refractivity contribution >= 4 is 5.71 Å². The molecule has 0 N–H and O–H groups in total. The van der Waals surface area contributed by atoms with Gasteiger partial charge in [0, 0.05) is 6.04 Å². The number of benzene rings is 2. The van der Waals surface area contributed by atoms with Gasteiger partial charge in [-0.25, -0.2) is 0 Å². The predicted octanol–water partition coefficient (Wildman–Crippen LogP) is 3.43. The summed E-state index contributed by atoms with van der Waals surface area (Å²) in [6.45, 7) is 4.50. The number of hydrogen-bond donors (Lipinski definition) is 0. The van der Waals surface area contributed by atoms with Crippen molar-refractivity contribution in [2.75, 3.05) is 0 Å². The molecule has 0 aromatic heterocycles. The molecule has 100 valence electrons. The molecule has 2 aromatic carbocycles. The highest BCUT2D eigenvalue weighted by molar-refractivity contribution is 6.12. The van der Waals surface area contributed by atoms with Crippen LogP contribution in [0.4, 0.5) is 0 Å². The first kappa shape index (κ1) is 11.9. The minimum Gasteiger partial charge on any atom is -0.268 e. The van der Waals surface area contributed by atoms with Gasteiger partial charge in [0.15, 0.2) is 0 Å². The van der Waals surface area contributed by atoms with Crippen molar-refractivity contribution in [3.63, 3.8) is 0 Å². The number of aliphatic imine (C=N–C) groups is 1. The van der Waals surface area contributed by atoms with Gasteiger partial charge in [0.1, 0.15) is 11.7 Å². The smallest absolute Gasteiger partial charge is 0.107 e. The third-order valence-corrected chi connectivity index (χ3v) is 4.70. The van der Waals surface area contributed by atoms with Crippen molar-refractivity contribution in [1.82, 2.24) is 4.90 Å². The molecule has 0 saturated carbocycles. The zero-order valence-electron chi connectivity index (χ0n) is 11.8. The predicted molar refractivity (Wildman–Crippen MR) is 81.9 cm³/mol. The van der Waals surface area contributed by atoms with Crippen LogP contribution in [-0.2, 0) is 5.54 Å². The maximum Gasteiger partial charge on any atom is 0.107 e. The van der Waals surface area contributed by atoms with Gasteiger partial charge in [-0.15, -0.1) is 0 Å². The van der Waals surface area contributed by atoms with Crippen LogP contribution in [0.5, 0.6) is 0 Å². The molecule has 2 aliphatic rings. The molecule has 20 heavy (non-hydrogen) atoms. The third kappa shape index (κ3) is 1.35. The average Bonchev–Trinajstić information content (AvgIpc) is 2.99. The SMILES string of the molecule is C[C@@H]1N=C(c2ccccc2)[C@@]2(c3ccccc3)[C@H](C)N12. The lowest BCUT2D eigenvalue weighted by Gasteiger charge is -2.16. The van der Waals surface area contributed by atoms with E-state index in [9.17, 15) is 0 Å². The van der Waals surface area contributed by atoms with Crippen molar-refractivity contribution in [3.05, 3.63) is 71.8 Å². The normalized spacial score (nSPS) is 34.5. The Balaban J connectivity index is 1.88. The van der Waals surface area contributed by atoms with Crippen LogP contribution in [0.2, 0.25) is 0 Å². The number of nitrogens with zero attached hydrogens (tertiary/aromatic N) is 2. The lowest BCUT2D eigenvalue weighted by atomic mass is 9.87. The first-order valence-electron chi connectivity index (χ1n) is 7.24. The second-order valence-electron chi connectivity index (χ2n) is 5.69. The zero-order valence-corrected chi connectivity index (χ0v) is 11.8. The molecule has 2 heterocycles. The fourth-order valence-corrected chi connectivity index (χ4v) is 3.85. The number of rotatable bonds is 2. The van der Waals surface area contributed by atoms with Crippen LogP contribution in [-0.4, -0.2) is 22.8 Å². The molecule has 2 nitrogen and oxygen atoms in total. The van der Waals surface area contributed by atoms with Crippen LogP contribution in [0, 0.1) is 0 Å². The standard InChI is InChI=1S/C18H18N2/c1-13-18(16-11-7-4-8-12-16)17(19-14(2)20(13)18)15-9-5-3-6-10-15/h3-14H,1-2H3/t13-,14+,18-,20?/m0/s1. The van der Waals surface area contributed by atoms with Crippen molar-refractivity contribution in [2.45, 2.75) is 31.6 Å². The van der Waals surface area contributed by atoms with E-state index in [1.807, 2.05) is 0 Å². The molecule has 1 saturated heterocycles. The molecule has 0 amide bonds. The Hall–Kier alpha value is -1.93. The highest BCUT2D eigenvalue weighted by Gasteiger charge is 2.69. The lowest BCUT2D eigenvalue weighted by Crippen LogP contribution is -2.25. The molecule has 0 radical (unpaired) electrons. The summed E-state index contributed by atoms with van der Waals surface area (Å²) in [5.41, 5.74) is 3.82. The summed E-state index contributed by atoms with van der Waals surface area (Å²) in [4.78, 5) is 7.44. The fraction of sp³-hybridized carbons (Fsp3) is 0.278. The minimum absolute atomic E-state index is 0.0119. The second kappa shape index (κ2) is 4.03. The van der Waals surface area contributed by atoms with Crippen LogP contribution in [0.1, 0.15) is 25.0 Å². The lowest BCUT2D eigenvalue weighted by molar-refractivity contribution is 0.397. The Morgan fingerprint density at radius 3 is 2.10 bits per heavy atom. The van der Waals surface area contributed by atoms with Crippen molar-refractivity contribution in [1.29, 1.82) is 0 Å². The summed E-state index contributed by atoms with van der Waals surface area (Å²) >= 11 is 0. The van der Waals surface area contributed by atoms with Crippen molar-refractivity contribution in [3.8, 4) is 0 Å². The minimum atomic E-state index is -0.0119. The molecule has 0 aliphatic carbocycles. The van der Waals surface area contributed by atoms with E-state index in [1.165, 1.54) is 16.8 Å². The molecule has 0 spiro atoms. The average molecular weight is 262 g/mol. The van der Waals surface area contributed by atoms with E-state index in [0.717, 1.165) is 0 Å². The number of hydrogen-bond acceptors (Lipinski definition) is 2. The van der Waals surface area contributed by atoms with Gasteiger partial charge in [0.2, 0.25) is 0 Å². The topological polar surface area (TPSA) is 15.4 Å². The summed E-state index contributed by atoms with van der Waals surface area (Å²) in [5.74, 6) is 0. The van der Waals surface area contributed by atoms with Crippen LogP contribution in [0.25, 0.3) is 0 Å². The van der Waals surface area contributed by atoms with Gasteiger partial charge < -0.3 is 0 Å². The van der Waals surface area contributed by atoms with Gasteiger partial charge >= 0.3 is 0 Å². The van der Waals surface area contributed by atoms with Crippen LogP contribution in [0.15, 0.2) is 65.7 Å². The maximum absolute atomic E-state index is 4.93. The van der Waals surface area contributed by atoms with E-state index < -0.39 is 0 Å². The van der Waals surface area contributed by atoms with Crippen molar-refractivity contribution in [2.24, 2.45) is 4.99 Å². The fourth-order valence-electron chi connectivity index (χ4n) is 3.85.